The summed E-state index contributed by atoms with van der Waals surface area (Å²) in [6.45, 7) is 3.52. The van der Waals surface area contributed by atoms with E-state index in [1.54, 1.807) is 7.11 Å². The maximum absolute atomic E-state index is 6.32. The molecule has 0 radical (unpaired) electrons. The molecule has 0 amide bonds. The van der Waals surface area contributed by atoms with Gasteiger partial charge in [-0.15, -0.1) is 0 Å². The molecule has 2 fully saturated rings. The smallest absolute Gasteiger partial charge is 0.118 e. The minimum atomic E-state index is 0.370. The van der Waals surface area contributed by atoms with E-state index in [0.717, 1.165) is 24.8 Å². The fraction of sp³-hybridized carbons (Fsp3) is 0.700. The van der Waals surface area contributed by atoms with Crippen molar-refractivity contribution >= 4 is 0 Å². The average Bonchev–Trinajstić information content (AvgIpc) is 3.03. The van der Waals surface area contributed by atoms with Crippen LogP contribution in [0.5, 0.6) is 5.75 Å². The van der Waals surface area contributed by atoms with Gasteiger partial charge in [0.15, 0.2) is 0 Å². The lowest BCUT2D eigenvalue weighted by Gasteiger charge is -2.36. The molecule has 0 saturated carbocycles. The van der Waals surface area contributed by atoms with Gasteiger partial charge in [-0.05, 0) is 77.0 Å². The van der Waals surface area contributed by atoms with E-state index in [9.17, 15) is 0 Å². The predicted octanol–water partition coefficient (Wildman–Crippen LogP) is 2.81. The first kappa shape index (κ1) is 17.7. The predicted molar refractivity (Wildman–Crippen MR) is 97.7 cm³/mol. The first-order valence-corrected chi connectivity index (χ1v) is 9.31. The molecule has 134 valence electrons. The van der Waals surface area contributed by atoms with Gasteiger partial charge >= 0.3 is 0 Å². The number of rotatable bonds is 6. The zero-order valence-electron chi connectivity index (χ0n) is 15.4. The van der Waals surface area contributed by atoms with Gasteiger partial charge in [-0.1, -0.05) is 12.1 Å². The molecule has 0 aromatic heterocycles. The lowest BCUT2D eigenvalue weighted by molar-refractivity contribution is 0.0144. The van der Waals surface area contributed by atoms with Gasteiger partial charge in [0, 0.05) is 12.6 Å². The fourth-order valence-electron chi connectivity index (χ4n) is 4.00. The van der Waals surface area contributed by atoms with E-state index in [2.05, 4.69) is 36.0 Å². The molecule has 2 atom stereocenters. The van der Waals surface area contributed by atoms with Crippen molar-refractivity contribution in [1.82, 2.24) is 9.80 Å². The van der Waals surface area contributed by atoms with Crippen LogP contribution in [0.3, 0.4) is 0 Å². The monoisotopic (exact) mass is 332 g/mol. The Morgan fingerprint density at radius 1 is 1.08 bits per heavy atom. The largest absolute Gasteiger partial charge is 0.497 e. The van der Waals surface area contributed by atoms with E-state index in [1.165, 1.54) is 44.3 Å². The molecule has 0 N–H and O–H groups in total. The number of hydrogen-bond acceptors (Lipinski definition) is 4. The summed E-state index contributed by atoms with van der Waals surface area (Å²) in [5.41, 5.74) is 1.34. The Morgan fingerprint density at radius 2 is 1.75 bits per heavy atom. The van der Waals surface area contributed by atoms with Gasteiger partial charge in [0.25, 0.3) is 0 Å². The van der Waals surface area contributed by atoms with Crippen molar-refractivity contribution in [2.45, 2.75) is 50.4 Å². The third-order valence-electron chi connectivity index (χ3n) is 5.62. The zero-order chi connectivity index (χ0) is 16.9. The minimum absolute atomic E-state index is 0.370. The van der Waals surface area contributed by atoms with Crippen LogP contribution < -0.4 is 4.74 Å². The molecule has 2 aliphatic heterocycles. The maximum Gasteiger partial charge on any atom is 0.118 e. The number of benzene rings is 1. The molecule has 4 nitrogen and oxygen atoms in total. The summed E-state index contributed by atoms with van der Waals surface area (Å²) in [5.74, 6) is 0.920. The first-order valence-electron chi connectivity index (χ1n) is 9.31. The second-order valence-electron chi connectivity index (χ2n) is 7.48. The molecule has 2 saturated heterocycles. The second kappa shape index (κ2) is 8.32. The van der Waals surface area contributed by atoms with Crippen molar-refractivity contribution in [2.24, 2.45) is 0 Å². The summed E-state index contributed by atoms with van der Waals surface area (Å²) in [6, 6.07) is 9.11. The van der Waals surface area contributed by atoms with Gasteiger partial charge in [-0.2, -0.15) is 0 Å². The maximum atomic E-state index is 6.32. The minimum Gasteiger partial charge on any atom is -0.497 e. The highest BCUT2D eigenvalue weighted by molar-refractivity contribution is 5.27. The Morgan fingerprint density at radius 3 is 2.42 bits per heavy atom. The SMILES string of the molecule is COc1ccc(C[C@@H]2CC[C@H](CN(C)C3CCN(C)CC3)O2)cc1. The van der Waals surface area contributed by atoms with Crippen LogP contribution in [0.25, 0.3) is 0 Å². The summed E-state index contributed by atoms with van der Waals surface area (Å²) < 4.78 is 11.5. The van der Waals surface area contributed by atoms with Crippen LogP contribution in [0.1, 0.15) is 31.2 Å². The summed E-state index contributed by atoms with van der Waals surface area (Å²) in [4.78, 5) is 4.97. The molecule has 1 aromatic rings. The molecule has 0 aliphatic carbocycles. The Balaban J connectivity index is 1.43. The summed E-state index contributed by atoms with van der Waals surface area (Å²) in [5, 5.41) is 0. The first-order chi connectivity index (χ1) is 11.6. The standard InChI is InChI=1S/C20H32N2O2/c1-21-12-10-17(11-13-21)22(2)15-20-9-8-19(24-20)14-16-4-6-18(23-3)7-5-16/h4-7,17,19-20H,8-15H2,1-3H3/t19-,20+/m0/s1. The van der Waals surface area contributed by atoms with E-state index < -0.39 is 0 Å². The molecular formula is C20H32N2O2. The lowest BCUT2D eigenvalue weighted by Crippen LogP contribution is -2.44. The Labute approximate surface area is 146 Å². The van der Waals surface area contributed by atoms with Gasteiger partial charge in [0.1, 0.15) is 5.75 Å². The van der Waals surface area contributed by atoms with Crippen LogP contribution in [-0.4, -0.2) is 68.9 Å². The Hall–Kier alpha value is -1.10. The summed E-state index contributed by atoms with van der Waals surface area (Å²) >= 11 is 0. The van der Waals surface area contributed by atoms with Gasteiger partial charge in [0.2, 0.25) is 0 Å². The molecule has 2 heterocycles. The van der Waals surface area contributed by atoms with Crippen LogP contribution in [-0.2, 0) is 11.2 Å². The number of likely N-dealkylation sites (N-methyl/N-ethyl adjacent to an activating group) is 1. The van der Waals surface area contributed by atoms with E-state index >= 15 is 0 Å². The van der Waals surface area contributed by atoms with Crippen molar-refractivity contribution in [3.05, 3.63) is 29.8 Å². The molecule has 24 heavy (non-hydrogen) atoms. The second-order valence-corrected chi connectivity index (χ2v) is 7.48. The number of likely N-dealkylation sites (tertiary alicyclic amines) is 1. The van der Waals surface area contributed by atoms with Crippen LogP contribution in [0.2, 0.25) is 0 Å². The molecule has 1 aromatic carbocycles. The molecule has 0 bridgehead atoms. The molecule has 3 rings (SSSR count). The normalized spacial score (nSPS) is 26.2. The van der Waals surface area contributed by atoms with E-state index in [0.29, 0.717) is 12.2 Å². The topological polar surface area (TPSA) is 24.9 Å². The highest BCUT2D eigenvalue weighted by Crippen LogP contribution is 2.25. The molecular weight excluding hydrogens is 300 g/mol. The molecule has 0 unspecified atom stereocenters. The Kier molecular flexibility index (Phi) is 6.14. The quantitative estimate of drug-likeness (QED) is 0.800. The number of nitrogens with zero attached hydrogens (tertiary/aromatic N) is 2. The zero-order valence-corrected chi connectivity index (χ0v) is 15.4. The van der Waals surface area contributed by atoms with Crippen molar-refractivity contribution < 1.29 is 9.47 Å². The third kappa shape index (κ3) is 4.71. The lowest BCUT2D eigenvalue weighted by atomic mass is 10.0. The fourth-order valence-corrected chi connectivity index (χ4v) is 4.00. The van der Waals surface area contributed by atoms with E-state index in [4.69, 9.17) is 9.47 Å². The number of hydrogen-bond donors (Lipinski definition) is 0. The van der Waals surface area contributed by atoms with Gasteiger partial charge in [-0.3, -0.25) is 0 Å². The molecule has 0 spiro atoms. The van der Waals surface area contributed by atoms with Crippen LogP contribution in [0.15, 0.2) is 24.3 Å². The number of methoxy groups -OCH3 is 1. The van der Waals surface area contributed by atoms with Crippen LogP contribution in [0.4, 0.5) is 0 Å². The van der Waals surface area contributed by atoms with Crippen LogP contribution >= 0.6 is 0 Å². The average molecular weight is 332 g/mol. The van der Waals surface area contributed by atoms with Crippen molar-refractivity contribution in [3.63, 3.8) is 0 Å². The third-order valence-corrected chi connectivity index (χ3v) is 5.62. The Bertz CT molecular complexity index is 497. The number of piperidine rings is 1. The highest BCUT2D eigenvalue weighted by Gasteiger charge is 2.29. The van der Waals surface area contributed by atoms with Gasteiger partial charge in [0.05, 0.1) is 19.3 Å². The molecule has 4 heteroatoms. The highest BCUT2D eigenvalue weighted by atomic mass is 16.5. The molecule has 2 aliphatic rings. The van der Waals surface area contributed by atoms with E-state index in [1.807, 2.05) is 12.1 Å². The van der Waals surface area contributed by atoms with Crippen LogP contribution in [0, 0.1) is 0 Å². The number of ether oxygens (including phenoxy) is 2. The van der Waals surface area contributed by atoms with Gasteiger partial charge < -0.3 is 19.3 Å². The summed E-state index contributed by atoms with van der Waals surface area (Å²) in [7, 11) is 6.21. The van der Waals surface area contributed by atoms with E-state index in [-0.39, 0.29) is 0 Å². The van der Waals surface area contributed by atoms with Crippen molar-refractivity contribution in [1.29, 1.82) is 0 Å². The van der Waals surface area contributed by atoms with Gasteiger partial charge in [-0.25, -0.2) is 0 Å². The summed E-state index contributed by atoms with van der Waals surface area (Å²) in [6.07, 6.45) is 6.73. The van der Waals surface area contributed by atoms with Crippen molar-refractivity contribution in [2.75, 3.05) is 40.8 Å². The van der Waals surface area contributed by atoms with Crippen molar-refractivity contribution in [3.8, 4) is 5.75 Å².